The molecule has 4 heteroatoms. The Morgan fingerprint density at radius 3 is 3.07 bits per heavy atom. The van der Waals surface area contributed by atoms with E-state index < -0.39 is 0 Å². The van der Waals surface area contributed by atoms with E-state index in [2.05, 4.69) is 17.5 Å². The topological polar surface area (TPSA) is 20.2 Å². The number of rotatable bonds is 3. The van der Waals surface area contributed by atoms with Gasteiger partial charge in [-0.1, -0.05) is 6.07 Å². The first-order valence-electron chi connectivity index (χ1n) is 4.76. The van der Waals surface area contributed by atoms with Gasteiger partial charge >= 0.3 is 0 Å². The second-order valence-electron chi connectivity index (χ2n) is 3.33. The fraction of sp³-hybridized carbons (Fsp3) is 0.600. The molecule has 1 aromatic rings. The standard InChI is InChI=1S/C10H14OS3/c11-9(6-8-2-1-3-13-8)10-7-12-4-5-14-10/h1-3,9-11H,4-7H2. The zero-order valence-electron chi connectivity index (χ0n) is 7.89. The Hall–Kier alpha value is 0.360. The second-order valence-corrected chi connectivity index (χ2v) is 6.86. The zero-order valence-corrected chi connectivity index (χ0v) is 10.3. The van der Waals surface area contributed by atoms with Crippen LogP contribution in [0.2, 0.25) is 0 Å². The maximum atomic E-state index is 10.0. The summed E-state index contributed by atoms with van der Waals surface area (Å²) in [7, 11) is 0. The van der Waals surface area contributed by atoms with Gasteiger partial charge in [-0.3, -0.25) is 0 Å². The molecule has 0 radical (unpaired) electrons. The third-order valence-corrected chi connectivity index (χ3v) is 6.07. The molecule has 0 amide bonds. The first-order chi connectivity index (χ1) is 6.86. The first-order valence-corrected chi connectivity index (χ1v) is 7.84. The van der Waals surface area contributed by atoms with E-state index in [9.17, 15) is 5.11 Å². The minimum Gasteiger partial charge on any atom is -0.392 e. The number of hydrogen-bond donors (Lipinski definition) is 1. The van der Waals surface area contributed by atoms with Crippen LogP contribution < -0.4 is 0 Å². The van der Waals surface area contributed by atoms with Crippen LogP contribution in [0.5, 0.6) is 0 Å². The van der Waals surface area contributed by atoms with Gasteiger partial charge in [-0.15, -0.1) is 11.3 Å². The summed E-state index contributed by atoms with van der Waals surface area (Å²) in [5.74, 6) is 3.54. The molecule has 0 bridgehead atoms. The highest BCUT2D eigenvalue weighted by atomic mass is 32.2. The van der Waals surface area contributed by atoms with Crippen LogP contribution in [0.15, 0.2) is 17.5 Å². The van der Waals surface area contributed by atoms with Gasteiger partial charge in [0.15, 0.2) is 0 Å². The van der Waals surface area contributed by atoms with Crippen molar-refractivity contribution < 1.29 is 5.11 Å². The average Bonchev–Trinajstić information content (AvgIpc) is 2.72. The molecule has 1 aliphatic rings. The molecule has 0 aliphatic carbocycles. The summed E-state index contributed by atoms with van der Waals surface area (Å²) in [6.45, 7) is 0. The van der Waals surface area contributed by atoms with E-state index in [1.54, 1.807) is 11.3 Å². The molecule has 1 aliphatic heterocycles. The van der Waals surface area contributed by atoms with Crippen molar-refractivity contribution in [2.75, 3.05) is 17.3 Å². The van der Waals surface area contributed by atoms with Gasteiger partial charge < -0.3 is 5.11 Å². The van der Waals surface area contributed by atoms with Gasteiger partial charge in [0.05, 0.1) is 6.10 Å². The summed E-state index contributed by atoms with van der Waals surface area (Å²) in [5.41, 5.74) is 0. The van der Waals surface area contributed by atoms with Crippen LogP contribution in [0, 0.1) is 0 Å². The van der Waals surface area contributed by atoms with Gasteiger partial charge in [0.2, 0.25) is 0 Å². The molecule has 0 spiro atoms. The van der Waals surface area contributed by atoms with Crippen molar-refractivity contribution in [3.8, 4) is 0 Å². The number of aliphatic hydroxyl groups is 1. The van der Waals surface area contributed by atoms with Gasteiger partial charge in [-0.05, 0) is 11.4 Å². The minimum absolute atomic E-state index is 0.161. The first kappa shape index (κ1) is 10.9. The summed E-state index contributed by atoms with van der Waals surface area (Å²) in [6, 6.07) is 4.16. The van der Waals surface area contributed by atoms with E-state index in [-0.39, 0.29) is 6.10 Å². The average molecular weight is 246 g/mol. The number of thiophene rings is 1. The SMILES string of the molecule is OC(Cc1cccs1)C1CSCCS1. The summed E-state index contributed by atoms with van der Waals surface area (Å²) >= 11 is 5.63. The van der Waals surface area contributed by atoms with E-state index in [4.69, 9.17) is 0 Å². The fourth-order valence-electron chi connectivity index (χ4n) is 1.49. The van der Waals surface area contributed by atoms with Crippen molar-refractivity contribution in [2.45, 2.75) is 17.8 Å². The van der Waals surface area contributed by atoms with E-state index in [0.29, 0.717) is 5.25 Å². The van der Waals surface area contributed by atoms with Crippen LogP contribution in [0.3, 0.4) is 0 Å². The van der Waals surface area contributed by atoms with Crippen molar-refractivity contribution in [1.82, 2.24) is 0 Å². The van der Waals surface area contributed by atoms with Crippen LogP contribution in [-0.2, 0) is 6.42 Å². The smallest absolute Gasteiger partial charge is 0.0714 e. The van der Waals surface area contributed by atoms with E-state index in [1.165, 1.54) is 16.4 Å². The Labute approximate surface area is 97.3 Å². The molecule has 1 aromatic heterocycles. The number of thioether (sulfide) groups is 2. The largest absolute Gasteiger partial charge is 0.392 e. The van der Waals surface area contributed by atoms with Gasteiger partial charge in [-0.25, -0.2) is 0 Å². The van der Waals surface area contributed by atoms with E-state index in [0.717, 1.165) is 12.2 Å². The molecular weight excluding hydrogens is 232 g/mol. The molecule has 0 saturated carbocycles. The summed E-state index contributed by atoms with van der Waals surface area (Å²) in [5, 5.41) is 12.5. The van der Waals surface area contributed by atoms with Crippen LogP contribution in [0.1, 0.15) is 4.88 Å². The van der Waals surface area contributed by atoms with Crippen LogP contribution in [0.25, 0.3) is 0 Å². The van der Waals surface area contributed by atoms with Crippen molar-refractivity contribution in [3.05, 3.63) is 22.4 Å². The Kier molecular flexibility index (Phi) is 4.23. The third-order valence-electron chi connectivity index (χ3n) is 2.26. The monoisotopic (exact) mass is 246 g/mol. The Morgan fingerprint density at radius 1 is 1.50 bits per heavy atom. The molecule has 1 nitrogen and oxygen atoms in total. The van der Waals surface area contributed by atoms with Crippen LogP contribution >= 0.6 is 34.9 Å². The zero-order chi connectivity index (χ0) is 9.80. The maximum Gasteiger partial charge on any atom is 0.0714 e. The molecule has 0 aromatic carbocycles. The summed E-state index contributed by atoms with van der Waals surface area (Å²) in [6.07, 6.45) is 0.669. The highest BCUT2D eigenvalue weighted by Gasteiger charge is 2.22. The van der Waals surface area contributed by atoms with Gasteiger partial charge in [0.25, 0.3) is 0 Å². The molecule has 78 valence electrons. The number of hydrogen-bond acceptors (Lipinski definition) is 4. The van der Waals surface area contributed by atoms with Crippen LogP contribution in [0.4, 0.5) is 0 Å². The van der Waals surface area contributed by atoms with Gasteiger partial charge in [0, 0.05) is 33.8 Å². The molecule has 2 heterocycles. The molecule has 2 atom stereocenters. The minimum atomic E-state index is -0.161. The fourth-order valence-corrected chi connectivity index (χ4v) is 5.02. The van der Waals surface area contributed by atoms with Crippen molar-refractivity contribution in [2.24, 2.45) is 0 Å². The molecular formula is C10H14OS3. The van der Waals surface area contributed by atoms with Crippen molar-refractivity contribution >= 4 is 34.9 Å². The highest BCUT2D eigenvalue weighted by molar-refractivity contribution is 8.06. The van der Waals surface area contributed by atoms with E-state index in [1.807, 2.05) is 23.5 Å². The molecule has 2 unspecified atom stereocenters. The Balaban J connectivity index is 1.85. The van der Waals surface area contributed by atoms with Crippen molar-refractivity contribution in [1.29, 1.82) is 0 Å². The summed E-state index contributed by atoms with van der Waals surface area (Å²) < 4.78 is 0. The molecule has 1 N–H and O–H groups in total. The van der Waals surface area contributed by atoms with Gasteiger partial charge in [-0.2, -0.15) is 23.5 Å². The van der Waals surface area contributed by atoms with Gasteiger partial charge in [0.1, 0.15) is 0 Å². The lowest BCUT2D eigenvalue weighted by Gasteiger charge is -2.25. The third kappa shape index (κ3) is 2.92. The highest BCUT2D eigenvalue weighted by Crippen LogP contribution is 2.28. The van der Waals surface area contributed by atoms with Crippen LogP contribution in [-0.4, -0.2) is 33.7 Å². The quantitative estimate of drug-likeness (QED) is 0.885. The Morgan fingerprint density at radius 2 is 2.43 bits per heavy atom. The Bertz CT molecular complexity index is 254. The second kappa shape index (κ2) is 5.45. The lowest BCUT2D eigenvalue weighted by atomic mass is 10.2. The normalized spacial score (nSPS) is 24.8. The predicted octanol–water partition coefficient (Wildman–Crippen LogP) is 2.50. The molecule has 14 heavy (non-hydrogen) atoms. The van der Waals surface area contributed by atoms with Crippen molar-refractivity contribution in [3.63, 3.8) is 0 Å². The van der Waals surface area contributed by atoms with E-state index >= 15 is 0 Å². The predicted molar refractivity (Wildman–Crippen MR) is 67.6 cm³/mol. The lowest BCUT2D eigenvalue weighted by Crippen LogP contribution is -2.30. The number of aliphatic hydroxyl groups excluding tert-OH is 1. The maximum absolute atomic E-state index is 10.0. The molecule has 2 rings (SSSR count). The molecule has 1 saturated heterocycles. The summed E-state index contributed by atoms with van der Waals surface area (Å²) in [4.78, 5) is 1.30. The molecule has 1 fully saturated rings. The lowest BCUT2D eigenvalue weighted by molar-refractivity contribution is 0.178.